The third-order valence-corrected chi connectivity index (χ3v) is 8.07. The Labute approximate surface area is 186 Å². The summed E-state index contributed by atoms with van der Waals surface area (Å²) >= 11 is 12.3. The SMILES string of the molecule is O=S(NC1CCOCC1)c1ccc(S(=O)(=O)Nc2ccc(Cl)c3c(Cl)c[nH]c23)cc1. The van der Waals surface area contributed by atoms with Gasteiger partial charge in [-0.2, -0.15) is 0 Å². The lowest BCUT2D eigenvalue weighted by Gasteiger charge is -2.22. The van der Waals surface area contributed by atoms with E-state index in [1.54, 1.807) is 30.5 Å². The van der Waals surface area contributed by atoms with Crippen LogP contribution in [0.3, 0.4) is 0 Å². The van der Waals surface area contributed by atoms with Crippen LogP contribution in [0.1, 0.15) is 12.8 Å². The normalized spacial score (nSPS) is 16.6. The molecule has 1 unspecified atom stereocenters. The van der Waals surface area contributed by atoms with E-state index in [4.69, 9.17) is 27.9 Å². The fourth-order valence-corrected chi connectivity index (χ4v) is 5.92. The number of hydrogen-bond acceptors (Lipinski definition) is 4. The van der Waals surface area contributed by atoms with Crippen molar-refractivity contribution in [2.75, 3.05) is 17.9 Å². The molecular formula is C19H19Cl2N3O4S2. The van der Waals surface area contributed by atoms with Gasteiger partial charge in [-0.15, -0.1) is 0 Å². The van der Waals surface area contributed by atoms with Gasteiger partial charge in [0.15, 0.2) is 0 Å². The fraction of sp³-hybridized carbons (Fsp3) is 0.263. The molecule has 3 aromatic rings. The predicted molar refractivity (Wildman–Crippen MR) is 119 cm³/mol. The van der Waals surface area contributed by atoms with E-state index in [0.29, 0.717) is 44.7 Å². The summed E-state index contributed by atoms with van der Waals surface area (Å²) in [6.07, 6.45) is 3.13. The second kappa shape index (κ2) is 8.86. The molecule has 1 aliphatic heterocycles. The molecule has 2 heterocycles. The van der Waals surface area contributed by atoms with Gasteiger partial charge in [0, 0.05) is 30.8 Å². The number of aromatic nitrogens is 1. The summed E-state index contributed by atoms with van der Waals surface area (Å²) in [5.41, 5.74) is 0.824. The molecule has 7 nitrogen and oxygen atoms in total. The lowest BCUT2D eigenvalue weighted by molar-refractivity contribution is 0.0835. The Morgan fingerprint density at radius 1 is 1.03 bits per heavy atom. The van der Waals surface area contributed by atoms with Crippen molar-refractivity contribution < 1.29 is 17.4 Å². The lowest BCUT2D eigenvalue weighted by atomic mass is 10.1. The van der Waals surface area contributed by atoms with E-state index >= 15 is 0 Å². The third kappa shape index (κ3) is 4.51. The molecule has 11 heteroatoms. The maximum Gasteiger partial charge on any atom is 0.261 e. The van der Waals surface area contributed by atoms with E-state index in [0.717, 1.165) is 12.8 Å². The molecule has 0 saturated carbocycles. The Balaban J connectivity index is 1.52. The Morgan fingerprint density at radius 3 is 2.43 bits per heavy atom. The monoisotopic (exact) mass is 487 g/mol. The molecule has 1 atom stereocenters. The van der Waals surface area contributed by atoms with Crippen molar-refractivity contribution in [3.05, 3.63) is 52.6 Å². The Morgan fingerprint density at radius 2 is 1.73 bits per heavy atom. The molecule has 0 spiro atoms. The largest absolute Gasteiger partial charge is 0.381 e. The van der Waals surface area contributed by atoms with Gasteiger partial charge in [-0.05, 0) is 49.2 Å². The van der Waals surface area contributed by atoms with Crippen LogP contribution in [0, 0.1) is 0 Å². The molecule has 3 N–H and O–H groups in total. The highest BCUT2D eigenvalue weighted by molar-refractivity contribution is 7.92. The predicted octanol–water partition coefficient (Wildman–Crippen LogP) is 4.07. The van der Waals surface area contributed by atoms with Gasteiger partial charge in [0.1, 0.15) is 11.0 Å². The number of nitrogens with one attached hydrogen (secondary N) is 3. The number of H-pyrrole nitrogens is 1. The van der Waals surface area contributed by atoms with Crippen molar-refractivity contribution in [3.8, 4) is 0 Å². The zero-order valence-electron chi connectivity index (χ0n) is 15.7. The van der Waals surface area contributed by atoms with E-state index in [1.807, 2.05) is 0 Å². The van der Waals surface area contributed by atoms with E-state index in [1.165, 1.54) is 12.1 Å². The molecule has 0 aliphatic carbocycles. The molecule has 2 aromatic carbocycles. The Bertz CT molecular complexity index is 1190. The van der Waals surface area contributed by atoms with E-state index in [9.17, 15) is 12.6 Å². The zero-order chi connectivity index (χ0) is 21.3. The molecule has 30 heavy (non-hydrogen) atoms. The Kier molecular flexibility index (Phi) is 6.38. The summed E-state index contributed by atoms with van der Waals surface area (Å²) in [6, 6.07) is 9.20. The smallest absolute Gasteiger partial charge is 0.261 e. The number of fused-ring (bicyclic) bond motifs is 1. The minimum absolute atomic E-state index is 0.0510. The van der Waals surface area contributed by atoms with Crippen molar-refractivity contribution in [3.63, 3.8) is 0 Å². The minimum Gasteiger partial charge on any atom is -0.381 e. The second-order valence-electron chi connectivity index (χ2n) is 6.83. The van der Waals surface area contributed by atoms with Crippen LogP contribution in [-0.2, 0) is 25.7 Å². The molecule has 0 amide bonds. The van der Waals surface area contributed by atoms with Gasteiger partial charge in [-0.3, -0.25) is 4.72 Å². The summed E-state index contributed by atoms with van der Waals surface area (Å²) in [6.45, 7) is 1.28. The molecule has 1 aliphatic rings. The van der Waals surface area contributed by atoms with Gasteiger partial charge >= 0.3 is 0 Å². The average Bonchev–Trinajstić information content (AvgIpc) is 3.14. The van der Waals surface area contributed by atoms with Crippen LogP contribution >= 0.6 is 23.2 Å². The molecule has 1 fully saturated rings. The molecule has 1 aromatic heterocycles. The van der Waals surface area contributed by atoms with Crippen molar-refractivity contribution in [2.24, 2.45) is 0 Å². The van der Waals surface area contributed by atoms with Crippen LogP contribution in [0.15, 0.2) is 52.4 Å². The molecular weight excluding hydrogens is 469 g/mol. The van der Waals surface area contributed by atoms with Crippen molar-refractivity contribution >= 4 is 60.8 Å². The third-order valence-electron chi connectivity index (χ3n) is 4.82. The molecule has 0 bridgehead atoms. The van der Waals surface area contributed by atoms with Gasteiger partial charge in [0.2, 0.25) is 0 Å². The number of benzene rings is 2. The minimum atomic E-state index is -3.87. The number of ether oxygens (including phenoxy) is 1. The lowest BCUT2D eigenvalue weighted by Crippen LogP contribution is -2.35. The second-order valence-corrected chi connectivity index (χ2v) is 10.6. The summed E-state index contributed by atoms with van der Waals surface area (Å²) < 4.78 is 49.1. The number of halogens is 2. The van der Waals surface area contributed by atoms with Gasteiger partial charge in [-0.1, -0.05) is 23.2 Å². The van der Waals surface area contributed by atoms with Crippen molar-refractivity contribution in [1.82, 2.24) is 9.71 Å². The van der Waals surface area contributed by atoms with E-state index in [2.05, 4.69) is 14.4 Å². The first-order valence-corrected chi connectivity index (χ1v) is 12.6. The van der Waals surface area contributed by atoms with Crippen LogP contribution in [-0.4, -0.2) is 36.9 Å². The van der Waals surface area contributed by atoms with Crippen LogP contribution in [0.4, 0.5) is 5.69 Å². The fourth-order valence-electron chi connectivity index (χ4n) is 3.23. The van der Waals surface area contributed by atoms with Crippen LogP contribution < -0.4 is 9.44 Å². The van der Waals surface area contributed by atoms with Gasteiger partial charge in [0.25, 0.3) is 10.0 Å². The molecule has 0 radical (unpaired) electrons. The number of rotatable bonds is 6. The van der Waals surface area contributed by atoms with E-state index in [-0.39, 0.29) is 10.9 Å². The standard InChI is InChI=1S/C19H19Cl2N3O4S2/c20-15-5-6-17(19-18(15)16(21)11-22-19)24-30(26,27)14-3-1-13(2-4-14)29(25)23-12-7-9-28-10-8-12/h1-6,11-12,22-24H,7-10H2. The first-order chi connectivity index (χ1) is 14.3. The first-order valence-electron chi connectivity index (χ1n) is 9.19. The van der Waals surface area contributed by atoms with Gasteiger partial charge in [-0.25, -0.2) is 17.3 Å². The van der Waals surface area contributed by atoms with Gasteiger partial charge in [0.05, 0.1) is 31.0 Å². The number of hydrogen-bond donors (Lipinski definition) is 3. The summed E-state index contributed by atoms with van der Waals surface area (Å²) in [7, 11) is -5.30. The molecule has 4 rings (SSSR count). The molecule has 160 valence electrons. The highest BCUT2D eigenvalue weighted by Crippen LogP contribution is 2.35. The van der Waals surface area contributed by atoms with Crippen LogP contribution in [0.5, 0.6) is 0 Å². The summed E-state index contributed by atoms with van der Waals surface area (Å²) in [4.78, 5) is 3.49. The number of sulfonamides is 1. The van der Waals surface area contributed by atoms with Crippen LogP contribution in [0.25, 0.3) is 10.9 Å². The van der Waals surface area contributed by atoms with E-state index < -0.39 is 21.0 Å². The Hall–Kier alpha value is -1.62. The van der Waals surface area contributed by atoms with Crippen LogP contribution in [0.2, 0.25) is 10.0 Å². The highest BCUT2D eigenvalue weighted by Gasteiger charge is 2.20. The van der Waals surface area contributed by atoms with Crippen molar-refractivity contribution in [2.45, 2.75) is 28.7 Å². The number of aromatic amines is 1. The first kappa shape index (κ1) is 21.6. The summed E-state index contributed by atoms with van der Waals surface area (Å²) in [5, 5.41) is 1.37. The maximum atomic E-state index is 12.8. The average molecular weight is 488 g/mol. The van der Waals surface area contributed by atoms with Gasteiger partial charge < -0.3 is 9.72 Å². The topological polar surface area (TPSA) is 100 Å². The van der Waals surface area contributed by atoms with Crippen molar-refractivity contribution in [1.29, 1.82) is 0 Å². The zero-order valence-corrected chi connectivity index (χ0v) is 18.8. The quantitative estimate of drug-likeness (QED) is 0.487. The highest BCUT2D eigenvalue weighted by atomic mass is 35.5. The summed E-state index contributed by atoms with van der Waals surface area (Å²) in [5.74, 6) is 0. The molecule has 1 saturated heterocycles. The maximum absolute atomic E-state index is 12.8. The number of anilines is 1.